The van der Waals surface area contributed by atoms with Crippen LogP contribution in [0.5, 0.6) is 17.2 Å². The van der Waals surface area contributed by atoms with E-state index in [2.05, 4.69) is 0 Å². The molecule has 1 aromatic heterocycles. The van der Waals surface area contributed by atoms with Crippen LogP contribution in [0.2, 0.25) is 0 Å². The van der Waals surface area contributed by atoms with Crippen molar-refractivity contribution in [3.8, 4) is 17.2 Å². The molecule has 2 aliphatic heterocycles. The van der Waals surface area contributed by atoms with Gasteiger partial charge in [-0.1, -0.05) is 18.2 Å². The van der Waals surface area contributed by atoms with Gasteiger partial charge in [-0.3, -0.25) is 10.1 Å². The molecule has 0 spiro atoms. The average molecular weight is 380 g/mol. The van der Waals surface area contributed by atoms with Crippen molar-refractivity contribution in [2.24, 2.45) is 5.73 Å². The number of ether oxygens (including phenoxy) is 3. The highest BCUT2D eigenvalue weighted by molar-refractivity contribution is 5.85. The van der Waals surface area contributed by atoms with Gasteiger partial charge in [-0.25, -0.2) is 4.79 Å². The molecule has 0 saturated heterocycles. The van der Waals surface area contributed by atoms with E-state index in [0.29, 0.717) is 28.0 Å². The minimum Gasteiger partial charge on any atom is -0.454 e. The smallest absolute Gasteiger partial charge is 0.344 e. The maximum absolute atomic E-state index is 12.8. The molecule has 0 radical (unpaired) electrons. The number of nitrogens with zero attached hydrogens (tertiary/aromatic N) is 1. The fourth-order valence-corrected chi connectivity index (χ4v) is 3.55. The van der Waals surface area contributed by atoms with Crippen LogP contribution in [0.25, 0.3) is 11.0 Å². The molecule has 0 saturated carbocycles. The number of rotatable bonds is 2. The molecule has 28 heavy (non-hydrogen) atoms. The van der Waals surface area contributed by atoms with Crippen LogP contribution in [0, 0.1) is 10.1 Å². The molecule has 0 aliphatic carbocycles. The monoisotopic (exact) mass is 380 g/mol. The van der Waals surface area contributed by atoms with Gasteiger partial charge in [0.2, 0.25) is 6.79 Å². The van der Waals surface area contributed by atoms with Crippen molar-refractivity contribution in [2.45, 2.75) is 5.92 Å². The maximum atomic E-state index is 12.8. The summed E-state index contributed by atoms with van der Waals surface area (Å²) in [6.45, 7) is 0.0516. The SMILES string of the molecule is NC1=C([N+](=O)[O-])[C@H](c2ccc3c(c2)OCO3)c2c(c3ccccc3oc2=O)O1. The predicted octanol–water partition coefficient (Wildman–Crippen LogP) is 2.45. The average Bonchev–Trinajstić information content (AvgIpc) is 3.14. The predicted molar refractivity (Wildman–Crippen MR) is 95.7 cm³/mol. The Labute approximate surface area is 156 Å². The zero-order valence-electron chi connectivity index (χ0n) is 14.2. The summed E-state index contributed by atoms with van der Waals surface area (Å²) in [5.74, 6) is -0.374. The van der Waals surface area contributed by atoms with E-state index in [1.807, 2.05) is 0 Å². The van der Waals surface area contributed by atoms with Gasteiger partial charge in [0.15, 0.2) is 17.2 Å². The molecule has 2 aromatic carbocycles. The molecule has 9 nitrogen and oxygen atoms in total. The highest BCUT2D eigenvalue weighted by Crippen LogP contribution is 2.45. The topological polar surface area (TPSA) is 127 Å². The number of hydrogen-bond acceptors (Lipinski definition) is 8. The van der Waals surface area contributed by atoms with Crippen LogP contribution in [0.3, 0.4) is 0 Å². The Hall–Kier alpha value is -4.01. The van der Waals surface area contributed by atoms with Crippen molar-refractivity contribution in [3.05, 3.63) is 85.7 Å². The maximum Gasteiger partial charge on any atom is 0.344 e. The molecule has 2 aliphatic rings. The van der Waals surface area contributed by atoms with Gasteiger partial charge in [-0.15, -0.1) is 0 Å². The highest BCUT2D eigenvalue weighted by Gasteiger charge is 2.42. The standard InChI is InChI=1S/C19H12N2O7/c20-18-16(21(23)24)14(9-5-6-12-13(7-9)26-8-25-12)15-17(28-18)10-3-1-2-4-11(10)27-19(15)22/h1-7,14H,8,20H2/t14-/m1/s1. The van der Waals surface area contributed by atoms with Crippen molar-refractivity contribution < 1.29 is 23.6 Å². The van der Waals surface area contributed by atoms with E-state index >= 15 is 0 Å². The van der Waals surface area contributed by atoms with Gasteiger partial charge in [0, 0.05) is 0 Å². The number of benzene rings is 2. The van der Waals surface area contributed by atoms with Crippen LogP contribution in [0.1, 0.15) is 17.0 Å². The van der Waals surface area contributed by atoms with Gasteiger partial charge in [0.25, 0.3) is 5.88 Å². The summed E-state index contributed by atoms with van der Waals surface area (Å²) in [7, 11) is 0. The Bertz CT molecular complexity index is 1240. The zero-order valence-corrected chi connectivity index (χ0v) is 14.2. The van der Waals surface area contributed by atoms with Crippen LogP contribution in [0.4, 0.5) is 0 Å². The van der Waals surface area contributed by atoms with Gasteiger partial charge in [-0.2, -0.15) is 0 Å². The van der Waals surface area contributed by atoms with E-state index < -0.39 is 22.2 Å². The van der Waals surface area contributed by atoms with Crippen LogP contribution in [-0.2, 0) is 0 Å². The molecular weight excluding hydrogens is 368 g/mol. The number of fused-ring (bicyclic) bond motifs is 4. The largest absolute Gasteiger partial charge is 0.454 e. The van der Waals surface area contributed by atoms with Gasteiger partial charge in [0.1, 0.15) is 11.5 Å². The van der Waals surface area contributed by atoms with Crippen molar-refractivity contribution in [1.82, 2.24) is 0 Å². The molecule has 9 heteroatoms. The van der Waals surface area contributed by atoms with Crippen molar-refractivity contribution >= 4 is 11.0 Å². The Morgan fingerprint density at radius 3 is 2.71 bits per heavy atom. The van der Waals surface area contributed by atoms with Crippen molar-refractivity contribution in [2.75, 3.05) is 6.79 Å². The second-order valence-corrected chi connectivity index (χ2v) is 6.28. The van der Waals surface area contributed by atoms with E-state index in [-0.39, 0.29) is 24.0 Å². The Kier molecular flexibility index (Phi) is 3.32. The highest BCUT2D eigenvalue weighted by atomic mass is 16.7. The lowest BCUT2D eigenvalue weighted by Crippen LogP contribution is -2.29. The summed E-state index contributed by atoms with van der Waals surface area (Å²) in [6, 6.07) is 11.6. The fraction of sp³-hybridized carbons (Fsp3) is 0.105. The number of nitrogens with two attached hydrogens (primary N) is 1. The molecule has 5 rings (SSSR count). The first-order valence-electron chi connectivity index (χ1n) is 8.32. The van der Waals surface area contributed by atoms with E-state index in [9.17, 15) is 14.9 Å². The third kappa shape index (κ3) is 2.22. The van der Waals surface area contributed by atoms with Gasteiger partial charge >= 0.3 is 11.3 Å². The van der Waals surface area contributed by atoms with E-state index in [4.69, 9.17) is 24.4 Å². The second-order valence-electron chi connectivity index (χ2n) is 6.28. The van der Waals surface area contributed by atoms with Gasteiger partial charge in [-0.05, 0) is 29.8 Å². The Morgan fingerprint density at radius 1 is 1.11 bits per heavy atom. The normalized spacial score (nSPS) is 17.4. The lowest BCUT2D eigenvalue weighted by molar-refractivity contribution is -0.432. The fourth-order valence-electron chi connectivity index (χ4n) is 3.55. The summed E-state index contributed by atoms with van der Waals surface area (Å²) in [5.41, 5.74) is 5.48. The first-order chi connectivity index (χ1) is 13.5. The third-order valence-electron chi connectivity index (χ3n) is 4.75. The quantitative estimate of drug-likeness (QED) is 0.408. The summed E-state index contributed by atoms with van der Waals surface area (Å²) >= 11 is 0. The molecule has 3 heterocycles. The molecule has 0 bridgehead atoms. The molecule has 1 atom stereocenters. The molecule has 0 unspecified atom stereocenters. The lowest BCUT2D eigenvalue weighted by Gasteiger charge is -2.24. The number of para-hydroxylation sites is 1. The first kappa shape index (κ1) is 16.2. The third-order valence-corrected chi connectivity index (χ3v) is 4.75. The van der Waals surface area contributed by atoms with E-state index in [0.717, 1.165) is 0 Å². The van der Waals surface area contributed by atoms with E-state index in [1.165, 1.54) is 0 Å². The zero-order chi connectivity index (χ0) is 19.4. The molecule has 140 valence electrons. The first-order valence-corrected chi connectivity index (χ1v) is 8.32. The minimum absolute atomic E-state index is 0.0125. The lowest BCUT2D eigenvalue weighted by atomic mass is 9.86. The van der Waals surface area contributed by atoms with Gasteiger partial charge < -0.3 is 24.4 Å². The summed E-state index contributed by atoms with van der Waals surface area (Å²) in [4.78, 5) is 23.9. The molecular formula is C19H12N2O7. The summed E-state index contributed by atoms with van der Waals surface area (Å²) in [5, 5.41) is 12.3. The molecule has 0 amide bonds. The van der Waals surface area contributed by atoms with Crippen LogP contribution < -0.4 is 25.6 Å². The van der Waals surface area contributed by atoms with Crippen LogP contribution in [0.15, 0.2) is 63.3 Å². The number of allylic oxidation sites excluding steroid dienone is 1. The number of hydrogen-bond donors (Lipinski definition) is 1. The Morgan fingerprint density at radius 2 is 1.89 bits per heavy atom. The van der Waals surface area contributed by atoms with E-state index in [1.54, 1.807) is 42.5 Å². The van der Waals surface area contributed by atoms with Crippen molar-refractivity contribution in [3.63, 3.8) is 0 Å². The second kappa shape index (κ2) is 5.74. The molecule has 0 fully saturated rings. The van der Waals surface area contributed by atoms with Gasteiger partial charge in [0.05, 0.1) is 15.9 Å². The Balaban J connectivity index is 1.83. The van der Waals surface area contributed by atoms with Crippen LogP contribution in [-0.4, -0.2) is 11.7 Å². The molecule has 2 N–H and O–H groups in total. The summed E-state index contributed by atoms with van der Waals surface area (Å²) < 4.78 is 21.6. The minimum atomic E-state index is -1.09. The molecule has 3 aromatic rings. The van der Waals surface area contributed by atoms with Crippen molar-refractivity contribution in [1.29, 1.82) is 0 Å². The van der Waals surface area contributed by atoms with Crippen LogP contribution >= 0.6 is 0 Å². The summed E-state index contributed by atoms with van der Waals surface area (Å²) in [6.07, 6.45) is 0. The number of nitro groups is 1.